The van der Waals surface area contributed by atoms with E-state index in [1.807, 2.05) is 11.9 Å². The first-order chi connectivity index (χ1) is 13.0. The molecule has 7 unspecified atom stereocenters. The summed E-state index contributed by atoms with van der Waals surface area (Å²) in [5.74, 6) is 5.79. The zero-order valence-corrected chi connectivity index (χ0v) is 19.5. The Labute approximate surface area is 173 Å². The zero-order chi connectivity index (χ0) is 19.2. The molecule has 4 fully saturated rings. The summed E-state index contributed by atoms with van der Waals surface area (Å²) >= 11 is 1.90. The molecular weight excluding hydrogens is 346 g/mol. The molecule has 9 atom stereocenters. The largest absolute Gasteiger partial charge is 0.261 e. The van der Waals surface area contributed by atoms with Crippen LogP contribution in [0.25, 0.3) is 0 Å². The van der Waals surface area contributed by atoms with Crippen molar-refractivity contribution in [1.29, 1.82) is 0 Å². The zero-order valence-electron chi connectivity index (χ0n) is 18.7. The second kappa shape index (κ2) is 7.86. The Bertz CT molecular complexity index is 520. The van der Waals surface area contributed by atoms with Crippen molar-refractivity contribution in [3.05, 3.63) is 0 Å². The highest BCUT2D eigenvalue weighted by atomic mass is 32.2. The van der Waals surface area contributed by atoms with Crippen LogP contribution in [0.15, 0.2) is 0 Å². The summed E-state index contributed by atoms with van der Waals surface area (Å²) in [6.07, 6.45) is 18.6. The molecule has 0 amide bonds. The first-order valence-corrected chi connectivity index (χ1v) is 13.5. The van der Waals surface area contributed by atoms with Crippen LogP contribution in [0.2, 0.25) is 0 Å². The third-order valence-electron chi connectivity index (χ3n) is 10.4. The maximum atomic E-state index is 3.95. The molecule has 2 heteroatoms. The molecule has 0 aromatic rings. The summed E-state index contributed by atoms with van der Waals surface area (Å²) in [6.45, 7) is 10.4. The van der Waals surface area contributed by atoms with Gasteiger partial charge in [-0.05, 0) is 97.5 Å². The van der Waals surface area contributed by atoms with Crippen molar-refractivity contribution in [3.8, 4) is 0 Å². The fourth-order valence-electron chi connectivity index (χ4n) is 9.20. The van der Waals surface area contributed by atoms with Crippen LogP contribution >= 0.6 is 11.9 Å². The average Bonchev–Trinajstić information content (AvgIpc) is 2.99. The highest BCUT2D eigenvalue weighted by Crippen LogP contribution is 2.68. The Hall–Kier alpha value is 0.310. The molecule has 4 rings (SSSR count). The molecule has 0 saturated heterocycles. The molecule has 1 nitrogen and oxygen atoms in total. The summed E-state index contributed by atoms with van der Waals surface area (Å²) in [4.78, 5) is 0. The van der Waals surface area contributed by atoms with E-state index in [1.54, 1.807) is 0 Å². The van der Waals surface area contributed by atoms with Gasteiger partial charge >= 0.3 is 0 Å². The van der Waals surface area contributed by atoms with E-state index in [4.69, 9.17) is 0 Å². The molecule has 0 aliphatic heterocycles. The lowest BCUT2D eigenvalue weighted by atomic mass is 9.43. The van der Waals surface area contributed by atoms with Crippen LogP contribution < -0.4 is 4.72 Å². The molecule has 4 aliphatic rings. The van der Waals surface area contributed by atoms with Crippen molar-refractivity contribution in [2.45, 2.75) is 104 Å². The van der Waals surface area contributed by atoms with Crippen LogP contribution in [-0.4, -0.2) is 12.3 Å². The normalized spacial score (nSPS) is 50.6. The molecule has 156 valence electrons. The van der Waals surface area contributed by atoms with Gasteiger partial charge in [0.05, 0.1) is 0 Å². The van der Waals surface area contributed by atoms with E-state index in [0.717, 1.165) is 41.5 Å². The molecular formula is C25H45NS. The number of nitrogens with one attached hydrogen (secondary N) is 1. The van der Waals surface area contributed by atoms with Gasteiger partial charge in [-0.1, -0.05) is 65.3 Å². The van der Waals surface area contributed by atoms with Gasteiger partial charge in [-0.3, -0.25) is 4.72 Å². The lowest BCUT2D eigenvalue weighted by Gasteiger charge is -2.63. The minimum atomic E-state index is 0.617. The second-order valence-corrected chi connectivity index (χ2v) is 12.0. The van der Waals surface area contributed by atoms with Crippen LogP contribution in [0.1, 0.15) is 98.3 Å². The second-order valence-electron chi connectivity index (χ2n) is 11.4. The van der Waals surface area contributed by atoms with E-state index in [0.29, 0.717) is 10.8 Å². The Balaban J connectivity index is 1.64. The van der Waals surface area contributed by atoms with Crippen molar-refractivity contribution in [1.82, 2.24) is 4.72 Å². The molecule has 27 heavy (non-hydrogen) atoms. The van der Waals surface area contributed by atoms with E-state index in [1.165, 1.54) is 70.6 Å². The van der Waals surface area contributed by atoms with Gasteiger partial charge in [0.2, 0.25) is 0 Å². The van der Waals surface area contributed by atoms with Crippen LogP contribution in [0.5, 0.6) is 0 Å². The molecule has 0 aromatic heterocycles. The lowest BCUT2D eigenvalue weighted by Crippen LogP contribution is -2.60. The SMILES string of the molecule is CCC[C@@H](C)[C@H]1CCC2C3C(NSC)CC4CCCCC4(C)C3CCC21C. The number of rotatable bonds is 5. The third-order valence-corrected chi connectivity index (χ3v) is 10.9. The third kappa shape index (κ3) is 3.24. The summed E-state index contributed by atoms with van der Waals surface area (Å²) in [5, 5.41) is 0. The quantitative estimate of drug-likeness (QED) is 0.493. The minimum Gasteiger partial charge on any atom is -0.261 e. The van der Waals surface area contributed by atoms with E-state index < -0.39 is 0 Å². The minimum absolute atomic E-state index is 0.617. The smallest absolute Gasteiger partial charge is 0.0208 e. The van der Waals surface area contributed by atoms with Gasteiger partial charge in [-0.25, -0.2) is 0 Å². The Morgan fingerprint density at radius 2 is 1.78 bits per heavy atom. The number of hydrogen-bond donors (Lipinski definition) is 1. The van der Waals surface area contributed by atoms with Crippen molar-refractivity contribution in [2.24, 2.45) is 46.3 Å². The van der Waals surface area contributed by atoms with Gasteiger partial charge in [-0.2, -0.15) is 0 Å². The Morgan fingerprint density at radius 3 is 2.52 bits per heavy atom. The van der Waals surface area contributed by atoms with Crippen molar-refractivity contribution in [2.75, 3.05) is 6.26 Å². The summed E-state index contributed by atoms with van der Waals surface area (Å²) in [5.41, 5.74) is 1.26. The van der Waals surface area contributed by atoms with Gasteiger partial charge < -0.3 is 0 Å². The topological polar surface area (TPSA) is 12.0 Å². The molecule has 0 bridgehead atoms. The molecule has 0 aromatic carbocycles. The molecule has 4 aliphatic carbocycles. The Kier molecular flexibility index (Phi) is 5.99. The maximum absolute atomic E-state index is 3.95. The summed E-state index contributed by atoms with van der Waals surface area (Å²) in [6, 6.07) is 0.769. The number of hydrogen-bond acceptors (Lipinski definition) is 2. The highest BCUT2D eigenvalue weighted by Gasteiger charge is 2.62. The first-order valence-electron chi connectivity index (χ1n) is 12.2. The van der Waals surface area contributed by atoms with Gasteiger partial charge in [0, 0.05) is 6.04 Å². The highest BCUT2D eigenvalue weighted by molar-refractivity contribution is 7.96. The maximum Gasteiger partial charge on any atom is 0.0208 e. The van der Waals surface area contributed by atoms with E-state index in [9.17, 15) is 0 Å². The fraction of sp³-hybridized carbons (Fsp3) is 1.00. The molecule has 0 heterocycles. The first kappa shape index (κ1) is 20.6. The average molecular weight is 392 g/mol. The molecule has 1 N–H and O–H groups in total. The summed E-state index contributed by atoms with van der Waals surface area (Å²) < 4.78 is 3.95. The van der Waals surface area contributed by atoms with Crippen molar-refractivity contribution in [3.63, 3.8) is 0 Å². The van der Waals surface area contributed by atoms with E-state index in [-0.39, 0.29) is 0 Å². The van der Waals surface area contributed by atoms with E-state index in [2.05, 4.69) is 38.7 Å². The van der Waals surface area contributed by atoms with Crippen LogP contribution in [-0.2, 0) is 0 Å². The van der Waals surface area contributed by atoms with Gasteiger partial charge in [-0.15, -0.1) is 0 Å². The molecule has 4 saturated carbocycles. The van der Waals surface area contributed by atoms with Crippen molar-refractivity contribution < 1.29 is 0 Å². The molecule has 0 radical (unpaired) electrons. The van der Waals surface area contributed by atoms with Crippen LogP contribution in [0.4, 0.5) is 0 Å². The lowest BCUT2D eigenvalue weighted by molar-refractivity contribution is -0.125. The Morgan fingerprint density at radius 1 is 1.00 bits per heavy atom. The predicted octanol–water partition coefficient (Wildman–Crippen LogP) is 7.32. The van der Waals surface area contributed by atoms with Crippen LogP contribution in [0.3, 0.4) is 0 Å². The van der Waals surface area contributed by atoms with Crippen molar-refractivity contribution >= 4 is 11.9 Å². The van der Waals surface area contributed by atoms with Gasteiger partial charge in [0.1, 0.15) is 0 Å². The predicted molar refractivity (Wildman–Crippen MR) is 120 cm³/mol. The van der Waals surface area contributed by atoms with E-state index >= 15 is 0 Å². The van der Waals surface area contributed by atoms with Crippen LogP contribution in [0, 0.1) is 46.3 Å². The molecule has 0 spiro atoms. The number of fused-ring (bicyclic) bond motifs is 5. The fourth-order valence-corrected chi connectivity index (χ4v) is 9.76. The van der Waals surface area contributed by atoms with Gasteiger partial charge in [0.15, 0.2) is 0 Å². The summed E-state index contributed by atoms with van der Waals surface area (Å²) in [7, 11) is 0. The monoisotopic (exact) mass is 391 g/mol. The van der Waals surface area contributed by atoms with Gasteiger partial charge in [0.25, 0.3) is 0 Å². The standard InChI is InChI=1S/C25H45NS/c1-6-9-17(2)19-11-12-20-23-21(13-15-25(19,20)4)24(3)14-8-7-10-18(24)16-22(23)26-27-5/h17-23,26H,6-16H2,1-5H3/t17-,18?,19-,20?,21?,22?,23?,24?,25?/m1/s1.